The molecule has 0 aromatic heterocycles. The number of rotatable bonds is 7. The molecule has 1 aromatic rings. The van der Waals surface area contributed by atoms with Gasteiger partial charge < -0.3 is 14.5 Å². The number of ether oxygens (including phenoxy) is 1. The zero-order chi connectivity index (χ0) is 18.2. The smallest absolute Gasteiger partial charge is 0.248 e. The maximum absolute atomic E-state index is 13.2. The third kappa shape index (κ3) is 4.80. The Morgan fingerprint density at radius 2 is 1.60 bits per heavy atom. The molecule has 1 aliphatic heterocycles. The van der Waals surface area contributed by atoms with Gasteiger partial charge in [0.15, 0.2) is 0 Å². The second-order valence-corrected chi connectivity index (χ2v) is 6.17. The van der Waals surface area contributed by atoms with Crippen LogP contribution >= 0.6 is 0 Å². The van der Waals surface area contributed by atoms with Crippen molar-refractivity contribution in [2.45, 2.75) is 19.9 Å². The molecule has 6 nitrogen and oxygen atoms in total. The molecule has 1 fully saturated rings. The fourth-order valence-corrected chi connectivity index (χ4v) is 3.30. The standard InChI is InChI=1S/C19H29N3O3/c1-4-20(5-2)18(16-9-7-6-8-10-16)19(24)22-13-11-21(12-14-22)17(23)15-25-3/h6-10,18H,4-5,11-15H2,1-3H3/t18-/m0/s1. The van der Waals surface area contributed by atoms with Gasteiger partial charge in [-0.3, -0.25) is 14.5 Å². The molecule has 138 valence electrons. The predicted molar refractivity (Wildman–Crippen MR) is 97.1 cm³/mol. The number of methoxy groups -OCH3 is 1. The summed E-state index contributed by atoms with van der Waals surface area (Å²) in [5.41, 5.74) is 1.02. The van der Waals surface area contributed by atoms with E-state index in [9.17, 15) is 9.59 Å². The van der Waals surface area contributed by atoms with Gasteiger partial charge in [0, 0.05) is 33.3 Å². The Balaban J connectivity index is 2.09. The first kappa shape index (κ1) is 19.4. The maximum Gasteiger partial charge on any atom is 0.248 e. The lowest BCUT2D eigenvalue weighted by Gasteiger charge is -2.38. The van der Waals surface area contributed by atoms with Crippen LogP contribution in [-0.2, 0) is 14.3 Å². The number of piperazine rings is 1. The molecule has 2 rings (SSSR count). The molecule has 25 heavy (non-hydrogen) atoms. The average molecular weight is 347 g/mol. The molecule has 0 unspecified atom stereocenters. The molecule has 0 bridgehead atoms. The van der Waals surface area contributed by atoms with E-state index < -0.39 is 0 Å². The first-order chi connectivity index (χ1) is 12.1. The van der Waals surface area contributed by atoms with E-state index >= 15 is 0 Å². The molecule has 1 aliphatic rings. The number of amides is 2. The number of nitrogens with zero attached hydrogens (tertiary/aromatic N) is 3. The molecule has 1 aromatic carbocycles. The Kier molecular flexibility index (Phi) is 7.40. The number of hydrogen-bond donors (Lipinski definition) is 0. The van der Waals surface area contributed by atoms with E-state index in [1.165, 1.54) is 7.11 Å². The van der Waals surface area contributed by atoms with Crippen molar-refractivity contribution in [2.24, 2.45) is 0 Å². The maximum atomic E-state index is 13.2. The Bertz CT molecular complexity index is 552. The van der Waals surface area contributed by atoms with Crippen LogP contribution in [0, 0.1) is 0 Å². The highest BCUT2D eigenvalue weighted by Gasteiger charge is 2.32. The van der Waals surface area contributed by atoms with Crippen LogP contribution in [0.2, 0.25) is 0 Å². The van der Waals surface area contributed by atoms with Crippen molar-refractivity contribution in [3.63, 3.8) is 0 Å². The summed E-state index contributed by atoms with van der Waals surface area (Å²) < 4.78 is 4.91. The summed E-state index contributed by atoms with van der Waals surface area (Å²) in [6.45, 7) is 8.14. The van der Waals surface area contributed by atoms with Gasteiger partial charge in [0.05, 0.1) is 0 Å². The molecule has 6 heteroatoms. The summed E-state index contributed by atoms with van der Waals surface area (Å²) in [6.07, 6.45) is 0. The van der Waals surface area contributed by atoms with Gasteiger partial charge in [-0.2, -0.15) is 0 Å². The summed E-state index contributed by atoms with van der Waals surface area (Å²) in [7, 11) is 1.52. The minimum Gasteiger partial charge on any atom is -0.375 e. The molecule has 1 atom stereocenters. The minimum absolute atomic E-state index is 0.0158. The lowest BCUT2D eigenvalue weighted by atomic mass is 10.0. The number of carbonyl (C=O) groups excluding carboxylic acids is 2. The largest absolute Gasteiger partial charge is 0.375 e. The van der Waals surface area contributed by atoms with Crippen LogP contribution in [0.1, 0.15) is 25.5 Å². The van der Waals surface area contributed by atoms with Crippen LogP contribution in [0.4, 0.5) is 0 Å². The molecule has 0 aliphatic carbocycles. The lowest BCUT2D eigenvalue weighted by Crippen LogP contribution is -2.54. The molecular formula is C19H29N3O3. The van der Waals surface area contributed by atoms with Crippen LogP contribution < -0.4 is 0 Å². The Labute approximate surface area is 150 Å². The Morgan fingerprint density at radius 3 is 2.12 bits per heavy atom. The van der Waals surface area contributed by atoms with Gasteiger partial charge in [-0.15, -0.1) is 0 Å². The Morgan fingerprint density at radius 1 is 1.04 bits per heavy atom. The van der Waals surface area contributed by atoms with Crippen molar-refractivity contribution >= 4 is 11.8 Å². The zero-order valence-corrected chi connectivity index (χ0v) is 15.5. The molecule has 0 spiro atoms. The summed E-state index contributed by atoms with van der Waals surface area (Å²) in [4.78, 5) is 31.0. The van der Waals surface area contributed by atoms with Crippen molar-refractivity contribution in [1.82, 2.24) is 14.7 Å². The van der Waals surface area contributed by atoms with E-state index in [1.54, 1.807) is 4.90 Å². The fraction of sp³-hybridized carbons (Fsp3) is 0.579. The highest BCUT2D eigenvalue weighted by molar-refractivity contribution is 5.84. The van der Waals surface area contributed by atoms with Gasteiger partial charge >= 0.3 is 0 Å². The average Bonchev–Trinajstić information content (AvgIpc) is 2.66. The van der Waals surface area contributed by atoms with E-state index in [4.69, 9.17) is 4.74 Å². The van der Waals surface area contributed by atoms with E-state index in [0.29, 0.717) is 26.2 Å². The molecule has 1 heterocycles. The highest BCUT2D eigenvalue weighted by Crippen LogP contribution is 2.23. The Hall–Kier alpha value is -1.92. The van der Waals surface area contributed by atoms with Gasteiger partial charge in [0.2, 0.25) is 11.8 Å². The van der Waals surface area contributed by atoms with E-state index in [1.807, 2.05) is 35.2 Å². The van der Waals surface area contributed by atoms with Crippen molar-refractivity contribution in [3.05, 3.63) is 35.9 Å². The van der Waals surface area contributed by atoms with Crippen molar-refractivity contribution in [2.75, 3.05) is 53.0 Å². The van der Waals surface area contributed by atoms with Gasteiger partial charge in [-0.1, -0.05) is 44.2 Å². The SMILES string of the molecule is CCN(CC)[C@H](C(=O)N1CCN(C(=O)COC)CC1)c1ccccc1. The van der Waals surface area contributed by atoms with E-state index in [0.717, 1.165) is 18.7 Å². The number of benzene rings is 1. The lowest BCUT2D eigenvalue weighted by molar-refractivity contribution is -0.144. The predicted octanol–water partition coefficient (Wildman–Crippen LogP) is 1.39. The van der Waals surface area contributed by atoms with Gasteiger partial charge in [-0.25, -0.2) is 0 Å². The molecule has 1 saturated heterocycles. The third-order valence-corrected chi connectivity index (χ3v) is 4.74. The number of hydrogen-bond acceptors (Lipinski definition) is 4. The van der Waals surface area contributed by atoms with Crippen LogP contribution in [0.5, 0.6) is 0 Å². The molecule has 0 N–H and O–H groups in total. The van der Waals surface area contributed by atoms with Crippen molar-refractivity contribution < 1.29 is 14.3 Å². The zero-order valence-electron chi connectivity index (χ0n) is 15.5. The van der Waals surface area contributed by atoms with Crippen LogP contribution in [-0.4, -0.2) is 79.5 Å². The second kappa shape index (κ2) is 9.53. The van der Waals surface area contributed by atoms with Crippen molar-refractivity contribution in [3.8, 4) is 0 Å². The minimum atomic E-state index is -0.266. The van der Waals surface area contributed by atoms with Gasteiger partial charge in [-0.05, 0) is 18.7 Å². The van der Waals surface area contributed by atoms with Crippen LogP contribution in [0.3, 0.4) is 0 Å². The summed E-state index contributed by atoms with van der Waals surface area (Å²) >= 11 is 0. The van der Waals surface area contributed by atoms with Crippen molar-refractivity contribution in [1.29, 1.82) is 0 Å². The van der Waals surface area contributed by atoms with Gasteiger partial charge in [0.25, 0.3) is 0 Å². The summed E-state index contributed by atoms with van der Waals surface area (Å²) in [6, 6.07) is 9.67. The normalized spacial score (nSPS) is 16.2. The first-order valence-electron chi connectivity index (χ1n) is 8.96. The monoisotopic (exact) mass is 347 g/mol. The van der Waals surface area contributed by atoms with E-state index in [2.05, 4.69) is 18.7 Å². The molecule has 2 amide bonds. The highest BCUT2D eigenvalue weighted by atomic mass is 16.5. The van der Waals surface area contributed by atoms with Crippen LogP contribution in [0.25, 0.3) is 0 Å². The summed E-state index contributed by atoms with van der Waals surface area (Å²) in [5.74, 6) is 0.103. The molecule has 0 radical (unpaired) electrons. The number of likely N-dealkylation sites (N-methyl/N-ethyl adjacent to an activating group) is 1. The van der Waals surface area contributed by atoms with E-state index in [-0.39, 0.29) is 24.5 Å². The summed E-state index contributed by atoms with van der Waals surface area (Å²) in [5, 5.41) is 0. The molecular weight excluding hydrogens is 318 g/mol. The first-order valence-corrected chi connectivity index (χ1v) is 8.96. The number of carbonyl (C=O) groups is 2. The quantitative estimate of drug-likeness (QED) is 0.748. The topological polar surface area (TPSA) is 53.1 Å². The molecule has 0 saturated carbocycles. The van der Waals surface area contributed by atoms with Crippen LogP contribution in [0.15, 0.2) is 30.3 Å². The van der Waals surface area contributed by atoms with Gasteiger partial charge in [0.1, 0.15) is 12.6 Å². The second-order valence-electron chi connectivity index (χ2n) is 6.17. The fourth-order valence-electron chi connectivity index (χ4n) is 3.30. The third-order valence-electron chi connectivity index (χ3n) is 4.74.